The highest BCUT2D eigenvalue weighted by Gasteiger charge is 2.20. The van der Waals surface area contributed by atoms with Crippen LogP contribution in [0, 0.1) is 5.82 Å². The standard InChI is InChI=1S/C18H21FN2O4S/c1-25-16-9-7-15(8-10-16)21(26(2,23)24)13-18(22)20-12-11-14-5-3-4-6-17(14)19/h3-10H,11-13H2,1-2H3,(H,20,22). The van der Waals surface area contributed by atoms with Gasteiger partial charge in [0.1, 0.15) is 18.1 Å². The van der Waals surface area contributed by atoms with Gasteiger partial charge in [0.15, 0.2) is 0 Å². The van der Waals surface area contributed by atoms with E-state index in [0.717, 1.165) is 10.6 Å². The number of hydrogen-bond donors (Lipinski definition) is 1. The van der Waals surface area contributed by atoms with Crippen molar-refractivity contribution < 1.29 is 22.3 Å². The largest absolute Gasteiger partial charge is 0.497 e. The van der Waals surface area contributed by atoms with Crippen LogP contribution in [0.4, 0.5) is 10.1 Å². The van der Waals surface area contributed by atoms with Crippen molar-refractivity contribution in [2.45, 2.75) is 6.42 Å². The highest BCUT2D eigenvalue weighted by Crippen LogP contribution is 2.21. The van der Waals surface area contributed by atoms with Gasteiger partial charge >= 0.3 is 0 Å². The summed E-state index contributed by atoms with van der Waals surface area (Å²) in [5.41, 5.74) is 0.848. The number of nitrogens with zero attached hydrogens (tertiary/aromatic N) is 1. The van der Waals surface area contributed by atoms with Gasteiger partial charge in [0.05, 0.1) is 19.1 Å². The number of anilines is 1. The van der Waals surface area contributed by atoms with Crippen LogP contribution in [-0.4, -0.2) is 40.8 Å². The normalized spacial score (nSPS) is 11.0. The molecule has 0 aliphatic rings. The molecule has 0 bridgehead atoms. The van der Waals surface area contributed by atoms with E-state index in [9.17, 15) is 17.6 Å². The molecule has 1 N–H and O–H groups in total. The summed E-state index contributed by atoms with van der Waals surface area (Å²) in [5, 5.41) is 2.62. The van der Waals surface area contributed by atoms with Crippen molar-refractivity contribution in [2.75, 3.05) is 30.8 Å². The fourth-order valence-electron chi connectivity index (χ4n) is 2.37. The maximum Gasteiger partial charge on any atom is 0.240 e. The molecule has 0 saturated carbocycles. The average molecular weight is 380 g/mol. The molecule has 0 aliphatic carbocycles. The Labute approximate surface area is 152 Å². The van der Waals surface area contributed by atoms with Crippen molar-refractivity contribution in [1.82, 2.24) is 5.32 Å². The van der Waals surface area contributed by atoms with Crippen LogP contribution in [0.25, 0.3) is 0 Å². The molecule has 140 valence electrons. The lowest BCUT2D eigenvalue weighted by Gasteiger charge is -2.22. The molecule has 0 spiro atoms. The summed E-state index contributed by atoms with van der Waals surface area (Å²) in [4.78, 5) is 12.1. The van der Waals surface area contributed by atoms with E-state index in [1.165, 1.54) is 13.2 Å². The first-order chi connectivity index (χ1) is 12.3. The van der Waals surface area contributed by atoms with Crippen LogP contribution < -0.4 is 14.4 Å². The number of rotatable bonds is 8. The Morgan fingerprint density at radius 2 is 1.81 bits per heavy atom. The Balaban J connectivity index is 1.99. The third-order valence-electron chi connectivity index (χ3n) is 3.72. The van der Waals surface area contributed by atoms with Crippen LogP contribution in [-0.2, 0) is 21.2 Å². The molecule has 0 aromatic heterocycles. The molecule has 0 heterocycles. The first kappa shape index (κ1) is 19.7. The van der Waals surface area contributed by atoms with Crippen LogP contribution in [0.1, 0.15) is 5.56 Å². The van der Waals surface area contributed by atoms with Crippen LogP contribution in [0.2, 0.25) is 0 Å². The highest BCUT2D eigenvalue weighted by atomic mass is 32.2. The Morgan fingerprint density at radius 1 is 1.15 bits per heavy atom. The van der Waals surface area contributed by atoms with Crippen LogP contribution in [0.5, 0.6) is 5.75 Å². The van der Waals surface area contributed by atoms with Gasteiger partial charge in [0, 0.05) is 6.54 Å². The lowest BCUT2D eigenvalue weighted by atomic mass is 10.1. The number of sulfonamides is 1. The summed E-state index contributed by atoms with van der Waals surface area (Å²) in [7, 11) is -2.14. The van der Waals surface area contributed by atoms with Crippen molar-refractivity contribution in [2.24, 2.45) is 0 Å². The molecule has 0 atom stereocenters. The van der Waals surface area contributed by atoms with Gasteiger partial charge in [-0.05, 0) is 42.3 Å². The second-order valence-electron chi connectivity index (χ2n) is 5.66. The third-order valence-corrected chi connectivity index (χ3v) is 4.86. The summed E-state index contributed by atoms with van der Waals surface area (Å²) >= 11 is 0. The Hall–Kier alpha value is -2.61. The molecule has 2 aromatic rings. The summed E-state index contributed by atoms with van der Waals surface area (Å²) in [6.07, 6.45) is 1.35. The van der Waals surface area contributed by atoms with E-state index in [1.807, 2.05) is 0 Å². The zero-order valence-electron chi connectivity index (χ0n) is 14.6. The van der Waals surface area contributed by atoms with Crippen molar-refractivity contribution in [1.29, 1.82) is 0 Å². The van der Waals surface area contributed by atoms with E-state index in [1.54, 1.807) is 42.5 Å². The highest BCUT2D eigenvalue weighted by molar-refractivity contribution is 7.92. The van der Waals surface area contributed by atoms with Gasteiger partial charge in [0.25, 0.3) is 0 Å². The second kappa shape index (κ2) is 8.66. The predicted molar refractivity (Wildman–Crippen MR) is 98.3 cm³/mol. The van der Waals surface area contributed by atoms with Crippen molar-refractivity contribution in [3.63, 3.8) is 0 Å². The fourth-order valence-corrected chi connectivity index (χ4v) is 3.23. The average Bonchev–Trinajstić information content (AvgIpc) is 2.60. The molecule has 0 radical (unpaired) electrons. The lowest BCUT2D eigenvalue weighted by Crippen LogP contribution is -2.41. The molecular formula is C18H21FN2O4S. The van der Waals surface area contributed by atoms with Gasteiger partial charge < -0.3 is 10.1 Å². The first-order valence-electron chi connectivity index (χ1n) is 7.93. The summed E-state index contributed by atoms with van der Waals surface area (Å²) < 4.78 is 43.7. The zero-order valence-corrected chi connectivity index (χ0v) is 15.4. The molecule has 0 fully saturated rings. The smallest absolute Gasteiger partial charge is 0.240 e. The lowest BCUT2D eigenvalue weighted by molar-refractivity contribution is -0.119. The molecule has 8 heteroatoms. The molecule has 2 rings (SSSR count). The van der Waals surface area contributed by atoms with Crippen molar-refractivity contribution >= 4 is 21.6 Å². The van der Waals surface area contributed by atoms with Crippen LogP contribution in [0.3, 0.4) is 0 Å². The van der Waals surface area contributed by atoms with E-state index in [-0.39, 0.29) is 18.9 Å². The maximum atomic E-state index is 13.6. The molecule has 0 aliphatic heterocycles. The van der Waals surface area contributed by atoms with E-state index < -0.39 is 15.9 Å². The minimum absolute atomic E-state index is 0.208. The van der Waals surface area contributed by atoms with Gasteiger partial charge in [-0.1, -0.05) is 18.2 Å². The van der Waals surface area contributed by atoms with E-state index >= 15 is 0 Å². The van der Waals surface area contributed by atoms with Gasteiger partial charge in [-0.3, -0.25) is 9.10 Å². The van der Waals surface area contributed by atoms with Crippen molar-refractivity contribution in [3.8, 4) is 5.75 Å². The number of methoxy groups -OCH3 is 1. The van der Waals surface area contributed by atoms with Crippen molar-refractivity contribution in [3.05, 3.63) is 59.9 Å². The summed E-state index contributed by atoms with van der Waals surface area (Å²) in [6, 6.07) is 12.7. The summed E-state index contributed by atoms with van der Waals surface area (Å²) in [5.74, 6) is -0.225. The number of ether oxygens (including phenoxy) is 1. The number of hydrogen-bond acceptors (Lipinski definition) is 4. The summed E-state index contributed by atoms with van der Waals surface area (Å²) in [6.45, 7) is -0.150. The number of nitrogens with one attached hydrogen (secondary N) is 1. The Bertz CT molecular complexity index is 854. The molecule has 6 nitrogen and oxygen atoms in total. The molecule has 26 heavy (non-hydrogen) atoms. The first-order valence-corrected chi connectivity index (χ1v) is 9.78. The van der Waals surface area contributed by atoms with Gasteiger partial charge in [-0.2, -0.15) is 0 Å². The zero-order chi connectivity index (χ0) is 19.2. The third kappa shape index (κ3) is 5.45. The number of benzene rings is 2. The minimum Gasteiger partial charge on any atom is -0.497 e. The molecular weight excluding hydrogens is 359 g/mol. The van der Waals surface area contributed by atoms with Gasteiger partial charge in [-0.15, -0.1) is 0 Å². The van der Waals surface area contributed by atoms with Gasteiger partial charge in [0.2, 0.25) is 15.9 Å². The fraction of sp³-hybridized carbons (Fsp3) is 0.278. The van der Waals surface area contributed by atoms with Crippen LogP contribution in [0.15, 0.2) is 48.5 Å². The monoisotopic (exact) mass is 380 g/mol. The topological polar surface area (TPSA) is 75.7 Å². The minimum atomic E-state index is -3.64. The molecule has 1 amide bonds. The van der Waals surface area contributed by atoms with E-state index in [0.29, 0.717) is 23.4 Å². The SMILES string of the molecule is COc1ccc(N(CC(=O)NCCc2ccccc2F)S(C)(=O)=O)cc1. The molecule has 0 unspecified atom stereocenters. The molecule has 0 saturated heterocycles. The Kier molecular flexibility index (Phi) is 6.57. The number of carbonyl (C=O) groups excluding carboxylic acids is 1. The van der Waals surface area contributed by atoms with Crippen LogP contribution >= 0.6 is 0 Å². The quantitative estimate of drug-likeness (QED) is 0.760. The predicted octanol–water partition coefficient (Wildman–Crippen LogP) is 1.96. The Morgan fingerprint density at radius 3 is 2.38 bits per heavy atom. The number of carbonyl (C=O) groups is 1. The second-order valence-corrected chi connectivity index (χ2v) is 7.57. The van der Waals surface area contributed by atoms with E-state index in [2.05, 4.69) is 5.32 Å². The number of halogens is 1. The number of amides is 1. The maximum absolute atomic E-state index is 13.6. The van der Waals surface area contributed by atoms with E-state index in [4.69, 9.17) is 4.74 Å². The molecule has 2 aromatic carbocycles. The van der Waals surface area contributed by atoms with Gasteiger partial charge in [-0.25, -0.2) is 12.8 Å².